The molecule has 3 rings (SSSR count). The molecule has 2 aromatic rings. The van der Waals surface area contributed by atoms with Gasteiger partial charge in [-0.1, -0.05) is 44.2 Å². The Morgan fingerprint density at radius 3 is 3.05 bits per heavy atom. The first kappa shape index (κ1) is 14.9. The summed E-state index contributed by atoms with van der Waals surface area (Å²) < 4.78 is 5.23. The number of ether oxygens (including phenoxy) is 1. The molecule has 1 aromatic heterocycles. The van der Waals surface area contributed by atoms with Gasteiger partial charge in [0.05, 0.1) is 0 Å². The van der Waals surface area contributed by atoms with Crippen molar-refractivity contribution in [3.05, 3.63) is 48.2 Å². The minimum absolute atomic E-state index is 0.169. The summed E-state index contributed by atoms with van der Waals surface area (Å²) in [7, 11) is 0. The van der Waals surface area contributed by atoms with Crippen LogP contribution >= 0.6 is 0 Å². The van der Waals surface area contributed by atoms with Crippen molar-refractivity contribution in [2.75, 3.05) is 6.61 Å². The largest absolute Gasteiger partial charge is 0.460 e. The van der Waals surface area contributed by atoms with Crippen LogP contribution in [0.5, 0.6) is 0 Å². The van der Waals surface area contributed by atoms with Crippen molar-refractivity contribution < 1.29 is 9.53 Å². The molecule has 2 N–H and O–H groups in total. The van der Waals surface area contributed by atoms with Crippen LogP contribution < -0.4 is 5.32 Å². The van der Waals surface area contributed by atoms with Crippen molar-refractivity contribution in [3.63, 3.8) is 0 Å². The Morgan fingerprint density at radius 1 is 1.45 bits per heavy atom. The third-order valence-electron chi connectivity index (χ3n) is 4.21. The Bertz CT molecular complexity index is 689. The Balaban J connectivity index is 1.95. The quantitative estimate of drug-likeness (QED) is 0.658. The van der Waals surface area contributed by atoms with Gasteiger partial charge in [-0.15, -0.1) is 0 Å². The van der Waals surface area contributed by atoms with Crippen LogP contribution in [0.1, 0.15) is 37.1 Å². The summed E-state index contributed by atoms with van der Waals surface area (Å²) in [5.74, 6) is -0.197. The summed E-state index contributed by atoms with van der Waals surface area (Å²) in [5, 5.41) is 4.65. The van der Waals surface area contributed by atoms with E-state index in [9.17, 15) is 4.79 Å². The lowest BCUT2D eigenvalue weighted by Crippen LogP contribution is -2.45. The highest BCUT2D eigenvalue weighted by Gasteiger charge is 2.33. The number of H-pyrrole nitrogens is 1. The summed E-state index contributed by atoms with van der Waals surface area (Å²) in [5.41, 5.74) is 3.60. The molecular formula is C18H22N2O2. The number of hydrogen-bond donors (Lipinski definition) is 2. The second-order valence-corrected chi connectivity index (χ2v) is 5.75. The first-order valence-electron chi connectivity index (χ1n) is 7.87. The number of carbonyl (C=O) groups is 1. The van der Waals surface area contributed by atoms with Crippen molar-refractivity contribution in [1.29, 1.82) is 0 Å². The van der Waals surface area contributed by atoms with Crippen molar-refractivity contribution in [2.45, 2.75) is 38.3 Å². The maximum atomic E-state index is 12.2. The van der Waals surface area contributed by atoms with Gasteiger partial charge >= 0.3 is 5.97 Å². The van der Waals surface area contributed by atoms with Gasteiger partial charge in [-0.05, 0) is 18.1 Å². The zero-order valence-corrected chi connectivity index (χ0v) is 12.9. The molecule has 0 radical (unpaired) electrons. The van der Waals surface area contributed by atoms with E-state index in [-0.39, 0.29) is 24.7 Å². The van der Waals surface area contributed by atoms with Crippen molar-refractivity contribution in [3.8, 4) is 0 Å². The minimum atomic E-state index is -0.289. The number of esters is 1. The van der Waals surface area contributed by atoms with Crippen LogP contribution in [0.2, 0.25) is 0 Å². The van der Waals surface area contributed by atoms with E-state index in [1.165, 1.54) is 16.6 Å². The maximum Gasteiger partial charge on any atom is 0.323 e. The van der Waals surface area contributed by atoms with E-state index in [0.717, 1.165) is 18.4 Å². The predicted octanol–water partition coefficient (Wildman–Crippen LogP) is 3.25. The molecule has 0 aliphatic carbocycles. The average molecular weight is 298 g/mol. The molecule has 4 nitrogen and oxygen atoms in total. The van der Waals surface area contributed by atoms with E-state index >= 15 is 0 Å². The molecule has 1 aliphatic heterocycles. The van der Waals surface area contributed by atoms with Crippen LogP contribution in [-0.4, -0.2) is 23.6 Å². The Hall–Kier alpha value is -2.07. The summed E-state index contributed by atoms with van der Waals surface area (Å²) in [6, 6.07) is 8.15. The molecule has 0 fully saturated rings. The molecule has 0 saturated carbocycles. The van der Waals surface area contributed by atoms with Gasteiger partial charge in [0.25, 0.3) is 0 Å². The zero-order valence-electron chi connectivity index (χ0n) is 12.9. The second kappa shape index (κ2) is 6.36. The lowest BCUT2D eigenvalue weighted by atomic mass is 9.92. The van der Waals surface area contributed by atoms with Gasteiger partial charge in [-0.2, -0.15) is 0 Å². The molecule has 1 aliphatic rings. The number of nitrogens with one attached hydrogen (secondary N) is 2. The summed E-state index contributed by atoms with van der Waals surface area (Å²) in [4.78, 5) is 15.8. The van der Waals surface area contributed by atoms with Gasteiger partial charge in [-0.25, -0.2) is 0 Å². The molecular weight excluding hydrogens is 276 g/mol. The fourth-order valence-corrected chi connectivity index (χ4v) is 3.24. The number of hydrogen-bond acceptors (Lipinski definition) is 3. The normalized spacial score (nSPS) is 20.6. The van der Waals surface area contributed by atoms with Gasteiger partial charge in [-0.3, -0.25) is 10.1 Å². The van der Waals surface area contributed by atoms with Crippen LogP contribution in [-0.2, 0) is 16.0 Å². The molecule has 0 unspecified atom stereocenters. The SMILES string of the molecule is C=CCOC(=O)[C@@H]1Cc2c([nH]c3ccccc23)[C@H](CCC)N1. The summed E-state index contributed by atoms with van der Waals surface area (Å²) in [6.07, 6.45) is 4.31. The van der Waals surface area contributed by atoms with Crippen LogP contribution in [0.15, 0.2) is 36.9 Å². The number of rotatable bonds is 5. The molecule has 116 valence electrons. The van der Waals surface area contributed by atoms with E-state index < -0.39 is 0 Å². The molecule has 2 atom stereocenters. The smallest absolute Gasteiger partial charge is 0.323 e. The number of benzene rings is 1. The second-order valence-electron chi connectivity index (χ2n) is 5.75. The Labute approximate surface area is 130 Å². The van der Waals surface area contributed by atoms with Crippen LogP contribution in [0.4, 0.5) is 0 Å². The molecule has 0 spiro atoms. The number of para-hydroxylation sites is 1. The predicted molar refractivity (Wildman–Crippen MR) is 87.7 cm³/mol. The Morgan fingerprint density at radius 2 is 2.27 bits per heavy atom. The van der Waals surface area contributed by atoms with E-state index in [2.05, 4.69) is 35.9 Å². The van der Waals surface area contributed by atoms with Gasteiger partial charge in [0.1, 0.15) is 12.6 Å². The highest BCUT2D eigenvalue weighted by atomic mass is 16.5. The first-order valence-corrected chi connectivity index (χ1v) is 7.87. The molecule has 22 heavy (non-hydrogen) atoms. The molecule has 2 heterocycles. The average Bonchev–Trinajstić information content (AvgIpc) is 2.92. The van der Waals surface area contributed by atoms with E-state index in [0.29, 0.717) is 6.42 Å². The van der Waals surface area contributed by atoms with Crippen molar-refractivity contribution in [1.82, 2.24) is 10.3 Å². The molecule has 1 aromatic carbocycles. The van der Waals surface area contributed by atoms with E-state index in [1.54, 1.807) is 6.08 Å². The van der Waals surface area contributed by atoms with Gasteiger partial charge in [0.15, 0.2) is 0 Å². The monoisotopic (exact) mass is 298 g/mol. The fraction of sp³-hybridized carbons (Fsp3) is 0.389. The molecule has 0 bridgehead atoms. The van der Waals surface area contributed by atoms with Gasteiger partial charge < -0.3 is 9.72 Å². The standard InChI is InChI=1S/C18H22N2O2/c1-3-7-15-17-13(12-8-5-6-9-14(12)20-17)11-16(19-15)18(21)22-10-4-2/h4-6,8-9,15-16,19-20H,2-3,7,10-11H2,1H3/t15-,16-/m0/s1. The molecule has 0 saturated heterocycles. The Kier molecular flexibility index (Phi) is 4.29. The fourth-order valence-electron chi connectivity index (χ4n) is 3.24. The molecule has 0 amide bonds. The van der Waals surface area contributed by atoms with Crippen LogP contribution in [0, 0.1) is 0 Å². The number of aromatic nitrogens is 1. The number of fused-ring (bicyclic) bond motifs is 3. The van der Waals surface area contributed by atoms with Gasteiger partial charge in [0.2, 0.25) is 0 Å². The number of carbonyl (C=O) groups excluding carboxylic acids is 1. The van der Waals surface area contributed by atoms with E-state index in [1.807, 2.05) is 12.1 Å². The van der Waals surface area contributed by atoms with Crippen LogP contribution in [0.25, 0.3) is 10.9 Å². The highest BCUT2D eigenvalue weighted by molar-refractivity contribution is 5.87. The zero-order chi connectivity index (χ0) is 15.5. The summed E-state index contributed by atoms with van der Waals surface area (Å²) >= 11 is 0. The lowest BCUT2D eigenvalue weighted by Gasteiger charge is -2.30. The van der Waals surface area contributed by atoms with Crippen LogP contribution in [0.3, 0.4) is 0 Å². The first-order chi connectivity index (χ1) is 10.7. The van der Waals surface area contributed by atoms with Gasteiger partial charge in [0, 0.05) is 29.1 Å². The summed E-state index contributed by atoms with van der Waals surface area (Å²) in [6.45, 7) is 6.00. The van der Waals surface area contributed by atoms with Crippen molar-refractivity contribution in [2.24, 2.45) is 0 Å². The topological polar surface area (TPSA) is 54.1 Å². The third-order valence-corrected chi connectivity index (χ3v) is 4.21. The molecule has 4 heteroatoms. The number of aromatic amines is 1. The minimum Gasteiger partial charge on any atom is -0.460 e. The highest BCUT2D eigenvalue weighted by Crippen LogP contribution is 2.33. The maximum absolute atomic E-state index is 12.2. The van der Waals surface area contributed by atoms with Crippen molar-refractivity contribution >= 4 is 16.9 Å². The van der Waals surface area contributed by atoms with E-state index in [4.69, 9.17) is 4.74 Å². The lowest BCUT2D eigenvalue weighted by molar-refractivity contribution is -0.145. The third kappa shape index (κ3) is 2.66.